The molecule has 5 nitrogen and oxygen atoms in total. The summed E-state index contributed by atoms with van der Waals surface area (Å²) in [7, 11) is 0. The van der Waals surface area contributed by atoms with E-state index in [1.165, 1.54) is 12.1 Å². The molecule has 1 aliphatic carbocycles. The van der Waals surface area contributed by atoms with Crippen LogP contribution in [0.15, 0.2) is 54.6 Å². The van der Waals surface area contributed by atoms with Crippen molar-refractivity contribution in [2.75, 3.05) is 0 Å². The molecule has 2 aromatic carbocycles. The molecule has 0 radical (unpaired) electrons. The van der Waals surface area contributed by atoms with Gasteiger partial charge >= 0.3 is 0 Å². The van der Waals surface area contributed by atoms with Crippen LogP contribution in [0.1, 0.15) is 36.9 Å². The summed E-state index contributed by atoms with van der Waals surface area (Å²) in [5.41, 5.74) is 2.55. The maximum atomic E-state index is 13.4. The number of benzene rings is 2. The zero-order valence-electron chi connectivity index (χ0n) is 15.4. The highest BCUT2D eigenvalue weighted by atomic mass is 19.1. The second-order valence-corrected chi connectivity index (χ2v) is 7.42. The van der Waals surface area contributed by atoms with Crippen LogP contribution >= 0.6 is 0 Å². The first-order chi connectivity index (χ1) is 13.5. The molecule has 0 bridgehead atoms. The van der Waals surface area contributed by atoms with Crippen LogP contribution in [0.3, 0.4) is 0 Å². The molecule has 1 fully saturated rings. The van der Waals surface area contributed by atoms with Gasteiger partial charge < -0.3 is 15.3 Å². The Kier molecular flexibility index (Phi) is 5.02. The maximum Gasteiger partial charge on any atom is 0.123 e. The highest BCUT2D eigenvalue weighted by Crippen LogP contribution is 2.38. The Morgan fingerprint density at radius 3 is 2.29 bits per heavy atom. The van der Waals surface area contributed by atoms with Crippen LogP contribution in [-0.4, -0.2) is 31.2 Å². The lowest BCUT2D eigenvalue weighted by molar-refractivity contribution is -0.0393. The first kappa shape index (κ1) is 18.8. The van der Waals surface area contributed by atoms with Gasteiger partial charge in [0, 0.05) is 5.56 Å². The molecular weight excluding hydrogens is 359 g/mol. The third-order valence-corrected chi connectivity index (χ3v) is 5.47. The van der Waals surface area contributed by atoms with Gasteiger partial charge in [-0.25, -0.2) is 9.07 Å². The molecule has 0 unspecified atom stereocenters. The Labute approximate surface area is 162 Å². The van der Waals surface area contributed by atoms with Gasteiger partial charge in [0.2, 0.25) is 0 Å². The molecule has 28 heavy (non-hydrogen) atoms. The van der Waals surface area contributed by atoms with Gasteiger partial charge in [-0.15, -0.1) is 0 Å². The molecule has 3 N–H and O–H groups in total. The van der Waals surface area contributed by atoms with Crippen LogP contribution in [0.2, 0.25) is 0 Å². The number of nitrogens with zero attached hydrogens (tertiary/aromatic N) is 2. The lowest BCUT2D eigenvalue weighted by Gasteiger charge is -2.32. The number of halogens is 1. The number of aliphatic hydroxyl groups is 3. The zero-order chi connectivity index (χ0) is 19.7. The van der Waals surface area contributed by atoms with Gasteiger partial charge in [-0.05, 0) is 73.7 Å². The number of aromatic nitrogens is 2. The van der Waals surface area contributed by atoms with E-state index in [0.717, 1.165) is 22.5 Å². The summed E-state index contributed by atoms with van der Waals surface area (Å²) in [6.07, 6.45) is 1.56. The zero-order valence-corrected chi connectivity index (χ0v) is 15.4. The summed E-state index contributed by atoms with van der Waals surface area (Å²) >= 11 is 0. The summed E-state index contributed by atoms with van der Waals surface area (Å²) in [5, 5.41) is 34.9. The van der Waals surface area contributed by atoms with E-state index in [0.29, 0.717) is 31.4 Å². The van der Waals surface area contributed by atoms with Crippen LogP contribution in [-0.2, 0) is 12.2 Å². The lowest BCUT2D eigenvalue weighted by atomic mass is 9.81. The van der Waals surface area contributed by atoms with E-state index in [2.05, 4.69) is 5.10 Å². The first-order valence-corrected chi connectivity index (χ1v) is 9.46. The Morgan fingerprint density at radius 1 is 1.04 bits per heavy atom. The van der Waals surface area contributed by atoms with Gasteiger partial charge in [0.25, 0.3) is 0 Å². The molecule has 4 rings (SSSR count). The van der Waals surface area contributed by atoms with E-state index in [1.54, 1.807) is 16.8 Å². The van der Waals surface area contributed by atoms with Gasteiger partial charge in [0.05, 0.1) is 29.8 Å². The normalized spacial score (nSPS) is 22.4. The molecule has 0 spiro atoms. The Bertz CT molecular complexity index is 943. The topological polar surface area (TPSA) is 78.5 Å². The van der Waals surface area contributed by atoms with Gasteiger partial charge in [0.1, 0.15) is 11.4 Å². The van der Waals surface area contributed by atoms with E-state index >= 15 is 0 Å². The molecule has 0 aliphatic heterocycles. The Balaban J connectivity index is 1.80. The second kappa shape index (κ2) is 7.47. The molecule has 1 aliphatic rings. The molecule has 1 aromatic heterocycles. The van der Waals surface area contributed by atoms with E-state index < -0.39 is 5.60 Å². The van der Waals surface area contributed by atoms with Crippen LogP contribution in [0.4, 0.5) is 4.39 Å². The van der Waals surface area contributed by atoms with E-state index in [4.69, 9.17) is 0 Å². The van der Waals surface area contributed by atoms with Crippen molar-refractivity contribution in [3.05, 3.63) is 71.7 Å². The molecule has 1 saturated carbocycles. The minimum Gasteiger partial charge on any atom is -0.393 e. The fourth-order valence-electron chi connectivity index (χ4n) is 3.71. The molecule has 0 amide bonds. The predicted molar refractivity (Wildman–Crippen MR) is 103 cm³/mol. The minimum atomic E-state index is -1.09. The minimum absolute atomic E-state index is 0.0441. The van der Waals surface area contributed by atoms with Crippen molar-refractivity contribution in [3.63, 3.8) is 0 Å². The highest BCUT2D eigenvalue weighted by molar-refractivity contribution is 5.63. The number of rotatable bonds is 4. The van der Waals surface area contributed by atoms with Gasteiger partial charge in [-0.1, -0.05) is 12.1 Å². The molecule has 0 saturated heterocycles. The molecule has 1 heterocycles. The van der Waals surface area contributed by atoms with Crippen molar-refractivity contribution >= 4 is 0 Å². The lowest BCUT2D eigenvalue weighted by Crippen LogP contribution is -2.33. The summed E-state index contributed by atoms with van der Waals surface area (Å²) < 4.78 is 15.1. The van der Waals surface area contributed by atoms with E-state index in [9.17, 15) is 19.7 Å². The second-order valence-electron chi connectivity index (χ2n) is 7.42. The Morgan fingerprint density at radius 2 is 1.68 bits per heavy atom. The van der Waals surface area contributed by atoms with E-state index in [-0.39, 0.29) is 18.5 Å². The summed E-state index contributed by atoms with van der Waals surface area (Å²) in [5.74, 6) is -0.317. The fourth-order valence-corrected chi connectivity index (χ4v) is 3.71. The average Bonchev–Trinajstić information content (AvgIpc) is 3.17. The average molecular weight is 382 g/mol. The van der Waals surface area contributed by atoms with Crippen LogP contribution in [0.25, 0.3) is 16.9 Å². The van der Waals surface area contributed by atoms with Gasteiger partial charge in [-0.3, -0.25) is 0 Å². The molecule has 3 aromatic rings. The molecule has 146 valence electrons. The summed E-state index contributed by atoms with van der Waals surface area (Å²) in [6, 6.07) is 15.3. The Hall–Kier alpha value is -2.54. The third-order valence-electron chi connectivity index (χ3n) is 5.47. The van der Waals surface area contributed by atoms with Crippen LogP contribution in [0.5, 0.6) is 0 Å². The largest absolute Gasteiger partial charge is 0.393 e. The number of hydrogen-bond acceptors (Lipinski definition) is 4. The smallest absolute Gasteiger partial charge is 0.123 e. The maximum absolute atomic E-state index is 13.4. The highest BCUT2D eigenvalue weighted by Gasteiger charge is 2.37. The predicted octanol–water partition coefficient (Wildman–Crippen LogP) is 3.29. The quantitative estimate of drug-likeness (QED) is 0.647. The monoisotopic (exact) mass is 382 g/mol. The number of hydrogen-bond donors (Lipinski definition) is 3. The van der Waals surface area contributed by atoms with Crippen molar-refractivity contribution in [1.29, 1.82) is 0 Å². The summed E-state index contributed by atoms with van der Waals surface area (Å²) in [6.45, 7) is -0.0441. The van der Waals surface area contributed by atoms with Crippen molar-refractivity contribution in [1.82, 2.24) is 9.78 Å². The first-order valence-electron chi connectivity index (χ1n) is 9.46. The standard InChI is InChI=1S/C22H23FN2O3/c23-17-5-3-16(4-6-17)20-13-21(22(28)11-9-19(27)10-12-22)24-25(20)18-7-1-15(14-26)2-8-18/h1-8,13,19,26-28H,9-12,14H2. The molecule has 0 atom stereocenters. The van der Waals surface area contributed by atoms with Crippen molar-refractivity contribution < 1.29 is 19.7 Å². The van der Waals surface area contributed by atoms with Crippen LogP contribution < -0.4 is 0 Å². The van der Waals surface area contributed by atoms with Crippen molar-refractivity contribution in [3.8, 4) is 16.9 Å². The van der Waals surface area contributed by atoms with E-state index in [1.807, 2.05) is 30.3 Å². The van der Waals surface area contributed by atoms with Gasteiger partial charge in [-0.2, -0.15) is 5.10 Å². The van der Waals surface area contributed by atoms with Gasteiger partial charge in [0.15, 0.2) is 0 Å². The summed E-state index contributed by atoms with van der Waals surface area (Å²) in [4.78, 5) is 0. The third kappa shape index (κ3) is 3.58. The van der Waals surface area contributed by atoms with Crippen LogP contribution in [0, 0.1) is 5.82 Å². The van der Waals surface area contributed by atoms with Crippen molar-refractivity contribution in [2.45, 2.75) is 44.0 Å². The number of aliphatic hydroxyl groups excluding tert-OH is 2. The van der Waals surface area contributed by atoms with Crippen molar-refractivity contribution in [2.24, 2.45) is 0 Å². The molecular formula is C22H23FN2O3. The molecule has 6 heteroatoms. The fraction of sp³-hybridized carbons (Fsp3) is 0.318. The SMILES string of the molecule is OCc1ccc(-n2nc(C3(O)CCC(O)CC3)cc2-c2ccc(F)cc2)cc1.